The molecule has 0 spiro atoms. The first-order chi connectivity index (χ1) is 38.0. The molecule has 6 nitrogen and oxygen atoms in total. The van der Waals surface area contributed by atoms with Gasteiger partial charge in [-0.1, -0.05) is 373 Å². The molecule has 458 valence electrons. The number of esters is 1. The molecule has 0 radical (unpaired) electrons. The normalized spacial score (nSPS) is 12.5. The zero-order valence-corrected chi connectivity index (χ0v) is 52.5. The van der Waals surface area contributed by atoms with Gasteiger partial charge in [-0.25, -0.2) is 0 Å². The second-order valence-corrected chi connectivity index (χ2v) is 24.6. The van der Waals surface area contributed by atoms with Crippen LogP contribution < -0.4 is 5.32 Å². The minimum atomic E-state index is -0.846. The Balaban J connectivity index is 3.40. The molecule has 0 bridgehead atoms. The maximum Gasteiger partial charge on any atom is 0.305 e. The van der Waals surface area contributed by atoms with Gasteiger partial charge in [-0.3, -0.25) is 9.59 Å². The predicted octanol–water partition coefficient (Wildman–Crippen LogP) is 22.8. The highest BCUT2D eigenvalue weighted by molar-refractivity contribution is 5.76. The number of carbonyl (C=O) groups excluding carboxylic acids is 2. The highest BCUT2D eigenvalue weighted by Gasteiger charge is 2.18. The van der Waals surface area contributed by atoms with E-state index in [0.717, 1.165) is 38.5 Å². The zero-order chi connectivity index (χ0) is 55.7. The van der Waals surface area contributed by atoms with Crippen LogP contribution in [0.4, 0.5) is 0 Å². The van der Waals surface area contributed by atoms with Gasteiger partial charge >= 0.3 is 5.97 Å². The van der Waals surface area contributed by atoms with Gasteiger partial charge in [0.05, 0.1) is 25.4 Å². The Morgan fingerprint density at radius 2 is 0.597 bits per heavy atom. The zero-order valence-electron chi connectivity index (χ0n) is 52.5. The van der Waals surface area contributed by atoms with Crippen molar-refractivity contribution < 1.29 is 24.5 Å². The molecule has 3 N–H and O–H groups in total. The summed E-state index contributed by atoms with van der Waals surface area (Å²) in [6, 6.07) is -0.629. The number of unbranched alkanes of at least 4 members (excludes halogenated alkanes) is 56. The van der Waals surface area contributed by atoms with Crippen LogP contribution in [0.25, 0.3) is 0 Å². The van der Waals surface area contributed by atoms with E-state index in [9.17, 15) is 19.8 Å². The molecule has 0 aromatic rings. The summed E-state index contributed by atoms with van der Waals surface area (Å²) < 4.78 is 5.50. The van der Waals surface area contributed by atoms with E-state index in [2.05, 4.69) is 19.2 Å². The number of ether oxygens (including phenoxy) is 1. The second kappa shape index (κ2) is 67.1. The minimum Gasteiger partial charge on any atom is -0.466 e. The van der Waals surface area contributed by atoms with Gasteiger partial charge in [0.2, 0.25) is 5.91 Å². The lowest BCUT2D eigenvalue weighted by Gasteiger charge is -2.20. The van der Waals surface area contributed by atoms with Crippen molar-refractivity contribution in [3.8, 4) is 0 Å². The van der Waals surface area contributed by atoms with Gasteiger partial charge in [0.15, 0.2) is 0 Å². The van der Waals surface area contributed by atoms with Crippen LogP contribution in [-0.4, -0.2) is 47.4 Å². The lowest BCUT2D eigenvalue weighted by molar-refractivity contribution is -0.143. The first-order valence-electron chi connectivity index (χ1n) is 35.5. The topological polar surface area (TPSA) is 95.9 Å². The molecule has 2 atom stereocenters. The van der Waals surface area contributed by atoms with E-state index in [1.54, 1.807) is 6.08 Å². The fourth-order valence-electron chi connectivity index (χ4n) is 11.4. The summed E-state index contributed by atoms with van der Waals surface area (Å²) in [5, 5.41) is 23.3. The predicted molar refractivity (Wildman–Crippen MR) is 338 cm³/mol. The van der Waals surface area contributed by atoms with Gasteiger partial charge < -0.3 is 20.3 Å². The average molecular weight is 1090 g/mol. The minimum absolute atomic E-state index is 0.0156. The van der Waals surface area contributed by atoms with Gasteiger partial charge in [-0.05, 0) is 32.1 Å². The van der Waals surface area contributed by atoms with E-state index < -0.39 is 12.1 Å². The van der Waals surface area contributed by atoms with Crippen LogP contribution in [0.3, 0.4) is 0 Å². The first-order valence-corrected chi connectivity index (χ1v) is 35.5. The van der Waals surface area contributed by atoms with E-state index >= 15 is 0 Å². The summed E-state index contributed by atoms with van der Waals surface area (Å²) >= 11 is 0. The SMILES string of the molecule is CCCCCCCCCCCCCCCCCCCCCCCC/C=C/C(O)C(CO)NC(=O)CCCCCCCCCCCCCCCCCCCCCCCOC(=O)CCCCCCCCCCCCCCCCC. The lowest BCUT2D eigenvalue weighted by Crippen LogP contribution is -2.45. The Labute approximate surface area is 482 Å². The molecule has 0 saturated carbocycles. The smallest absolute Gasteiger partial charge is 0.305 e. The van der Waals surface area contributed by atoms with Crippen molar-refractivity contribution >= 4 is 11.9 Å². The standard InChI is InChI=1S/C71H139NO5/c1-3-5-7-9-11-13-15-17-19-20-21-22-23-24-26-29-32-36-39-43-47-51-55-59-63-69(74)68(67-73)72-70(75)64-60-56-52-48-44-40-37-33-30-27-25-28-31-34-38-42-46-50-54-58-62-66-77-71(76)65-61-57-53-49-45-41-35-18-16-14-12-10-8-6-4-2/h59,63,68-69,73-74H,3-58,60-62,64-67H2,1-2H3,(H,72,75)/b63-59+. The van der Waals surface area contributed by atoms with Crippen molar-refractivity contribution in [3.05, 3.63) is 12.2 Å². The highest BCUT2D eigenvalue weighted by Crippen LogP contribution is 2.19. The number of nitrogens with one attached hydrogen (secondary N) is 1. The van der Waals surface area contributed by atoms with Crippen molar-refractivity contribution in [2.24, 2.45) is 0 Å². The first kappa shape index (κ1) is 75.6. The van der Waals surface area contributed by atoms with Gasteiger partial charge in [0.25, 0.3) is 0 Å². The fourth-order valence-corrected chi connectivity index (χ4v) is 11.4. The van der Waals surface area contributed by atoms with Gasteiger partial charge in [0, 0.05) is 12.8 Å². The quantitative estimate of drug-likeness (QED) is 0.0320. The number of hydrogen-bond acceptors (Lipinski definition) is 5. The second-order valence-electron chi connectivity index (χ2n) is 24.6. The summed E-state index contributed by atoms with van der Waals surface area (Å²) in [7, 11) is 0. The molecule has 0 aliphatic heterocycles. The molecule has 0 fully saturated rings. The third-order valence-corrected chi connectivity index (χ3v) is 16.8. The van der Waals surface area contributed by atoms with Crippen molar-refractivity contribution in [2.75, 3.05) is 13.2 Å². The van der Waals surface area contributed by atoms with Crippen molar-refractivity contribution in [1.29, 1.82) is 0 Å². The Hall–Kier alpha value is -1.40. The van der Waals surface area contributed by atoms with E-state index in [4.69, 9.17) is 4.74 Å². The Morgan fingerprint density at radius 3 is 0.883 bits per heavy atom. The fraction of sp³-hybridized carbons (Fsp3) is 0.944. The van der Waals surface area contributed by atoms with E-state index in [-0.39, 0.29) is 18.5 Å². The number of amides is 1. The van der Waals surface area contributed by atoms with Crippen LogP contribution in [0.2, 0.25) is 0 Å². The molecule has 0 rings (SSSR count). The van der Waals surface area contributed by atoms with Crippen LogP contribution in [0.1, 0.15) is 406 Å². The summed E-state index contributed by atoms with van der Waals surface area (Å²) in [5.74, 6) is -0.0482. The van der Waals surface area contributed by atoms with Gasteiger partial charge in [-0.15, -0.1) is 0 Å². The largest absolute Gasteiger partial charge is 0.466 e. The van der Waals surface area contributed by atoms with Crippen molar-refractivity contribution in [1.82, 2.24) is 5.32 Å². The molecule has 0 aromatic carbocycles. The number of allylic oxidation sites excluding steroid dienone is 1. The van der Waals surface area contributed by atoms with E-state index in [1.165, 1.54) is 340 Å². The molecular weight excluding hydrogens is 947 g/mol. The Kier molecular flexibility index (Phi) is 65.9. The maximum absolute atomic E-state index is 12.5. The monoisotopic (exact) mass is 1090 g/mol. The number of rotatable bonds is 67. The number of hydrogen-bond donors (Lipinski definition) is 3. The molecule has 0 heterocycles. The van der Waals surface area contributed by atoms with Crippen LogP contribution >= 0.6 is 0 Å². The van der Waals surface area contributed by atoms with Crippen LogP contribution in [-0.2, 0) is 14.3 Å². The summed E-state index contributed by atoms with van der Waals surface area (Å²) in [5.41, 5.74) is 0. The third-order valence-electron chi connectivity index (χ3n) is 16.8. The number of aliphatic hydroxyl groups is 2. The lowest BCUT2D eigenvalue weighted by atomic mass is 10.0. The molecule has 2 unspecified atom stereocenters. The molecule has 0 aliphatic rings. The summed E-state index contributed by atoms with van der Waals surface area (Å²) in [4.78, 5) is 24.6. The number of carbonyl (C=O) groups is 2. The molecule has 77 heavy (non-hydrogen) atoms. The summed E-state index contributed by atoms with van der Waals surface area (Å²) in [6.45, 7) is 4.95. The number of aliphatic hydroxyl groups excluding tert-OH is 2. The average Bonchev–Trinajstić information content (AvgIpc) is 3.43. The molecule has 0 aromatic heterocycles. The highest BCUT2D eigenvalue weighted by atomic mass is 16.5. The Morgan fingerprint density at radius 1 is 0.351 bits per heavy atom. The summed E-state index contributed by atoms with van der Waals surface area (Å²) in [6.07, 6.45) is 82.8. The molecule has 0 saturated heterocycles. The van der Waals surface area contributed by atoms with Gasteiger partial charge in [-0.2, -0.15) is 0 Å². The van der Waals surface area contributed by atoms with E-state index in [0.29, 0.717) is 19.4 Å². The third kappa shape index (κ3) is 63.6. The van der Waals surface area contributed by atoms with Crippen LogP contribution in [0, 0.1) is 0 Å². The van der Waals surface area contributed by atoms with Crippen LogP contribution in [0.5, 0.6) is 0 Å². The van der Waals surface area contributed by atoms with Crippen molar-refractivity contribution in [3.63, 3.8) is 0 Å². The molecular formula is C71H139NO5. The van der Waals surface area contributed by atoms with Crippen LogP contribution in [0.15, 0.2) is 12.2 Å². The molecule has 0 aliphatic carbocycles. The molecule has 6 heteroatoms. The van der Waals surface area contributed by atoms with E-state index in [1.807, 2.05) is 6.08 Å². The van der Waals surface area contributed by atoms with Crippen molar-refractivity contribution in [2.45, 2.75) is 418 Å². The van der Waals surface area contributed by atoms with Gasteiger partial charge in [0.1, 0.15) is 0 Å². The molecule has 1 amide bonds. The Bertz CT molecular complexity index is 1160. The maximum atomic E-state index is 12.5.